The second-order valence-corrected chi connectivity index (χ2v) is 7.29. The zero-order valence-corrected chi connectivity index (χ0v) is 13.5. The topological polar surface area (TPSA) is 49.4 Å². The lowest BCUT2D eigenvalue weighted by atomic mass is 9.68. The number of hydrogen-bond donors (Lipinski definition) is 1. The molecule has 2 aliphatic carbocycles. The van der Waals surface area contributed by atoms with Gasteiger partial charge >= 0.3 is 0 Å². The summed E-state index contributed by atoms with van der Waals surface area (Å²) >= 11 is 0. The van der Waals surface area contributed by atoms with E-state index in [-0.39, 0.29) is 24.3 Å². The number of rotatable bonds is 2. The monoisotopic (exact) mass is 312 g/mol. The van der Waals surface area contributed by atoms with Crippen LogP contribution in [0, 0.1) is 17.8 Å². The number of amides is 2. The Labute approximate surface area is 137 Å². The highest BCUT2D eigenvalue weighted by Crippen LogP contribution is 2.43. The molecule has 23 heavy (non-hydrogen) atoms. The van der Waals surface area contributed by atoms with Crippen molar-refractivity contribution in [3.05, 3.63) is 24.3 Å². The molecule has 0 aromatic heterocycles. The van der Waals surface area contributed by atoms with Gasteiger partial charge in [0.05, 0.1) is 11.4 Å². The average Bonchev–Trinajstić information content (AvgIpc) is 2.52. The van der Waals surface area contributed by atoms with Crippen LogP contribution < -0.4 is 10.2 Å². The lowest BCUT2D eigenvalue weighted by Gasteiger charge is -2.39. The molecule has 1 aromatic carbocycles. The van der Waals surface area contributed by atoms with E-state index in [1.165, 1.54) is 32.1 Å². The third kappa shape index (κ3) is 2.75. The summed E-state index contributed by atoms with van der Waals surface area (Å²) < 4.78 is 0. The van der Waals surface area contributed by atoms with Crippen LogP contribution in [0.1, 0.15) is 44.9 Å². The van der Waals surface area contributed by atoms with Crippen LogP contribution in [0.3, 0.4) is 0 Å². The zero-order chi connectivity index (χ0) is 15.8. The summed E-state index contributed by atoms with van der Waals surface area (Å²) in [6, 6.07) is 7.59. The van der Waals surface area contributed by atoms with Crippen LogP contribution in [-0.4, -0.2) is 18.4 Å². The van der Waals surface area contributed by atoms with Gasteiger partial charge in [-0.15, -0.1) is 0 Å². The Balaban J connectivity index is 1.46. The van der Waals surface area contributed by atoms with Crippen molar-refractivity contribution in [2.24, 2.45) is 17.8 Å². The Morgan fingerprint density at radius 1 is 1.00 bits per heavy atom. The quantitative estimate of drug-likeness (QED) is 0.907. The third-order valence-electron chi connectivity index (χ3n) is 5.97. The molecule has 0 spiro atoms. The molecule has 122 valence electrons. The van der Waals surface area contributed by atoms with Gasteiger partial charge in [-0.3, -0.25) is 9.59 Å². The van der Waals surface area contributed by atoms with Gasteiger partial charge in [0, 0.05) is 5.92 Å². The minimum atomic E-state index is -0.0970. The summed E-state index contributed by atoms with van der Waals surface area (Å²) in [7, 11) is 0. The molecule has 0 radical (unpaired) electrons. The molecule has 1 heterocycles. The van der Waals surface area contributed by atoms with E-state index in [1.54, 1.807) is 4.90 Å². The SMILES string of the molecule is O=C1CN(C(=O)C2CCC(C3CCC3)CC2)c2ccccc2N1. The fraction of sp³-hybridized carbons (Fsp3) is 0.579. The van der Waals surface area contributed by atoms with E-state index in [2.05, 4.69) is 5.32 Å². The van der Waals surface area contributed by atoms with Crippen LogP contribution in [0.15, 0.2) is 24.3 Å². The van der Waals surface area contributed by atoms with Gasteiger partial charge in [-0.2, -0.15) is 0 Å². The second kappa shape index (κ2) is 5.99. The maximum Gasteiger partial charge on any atom is 0.244 e. The van der Waals surface area contributed by atoms with E-state index in [9.17, 15) is 9.59 Å². The van der Waals surface area contributed by atoms with E-state index in [0.717, 1.165) is 36.1 Å². The van der Waals surface area contributed by atoms with Crippen molar-refractivity contribution in [1.82, 2.24) is 0 Å². The smallest absolute Gasteiger partial charge is 0.244 e. The molecule has 4 nitrogen and oxygen atoms in total. The van der Waals surface area contributed by atoms with Crippen molar-refractivity contribution >= 4 is 23.2 Å². The average molecular weight is 312 g/mol. The number of benzene rings is 1. The summed E-state index contributed by atoms with van der Waals surface area (Å²) in [4.78, 5) is 26.6. The number of hydrogen-bond acceptors (Lipinski definition) is 2. The molecule has 0 bridgehead atoms. The molecule has 2 saturated carbocycles. The molecule has 1 aromatic rings. The van der Waals surface area contributed by atoms with Crippen LogP contribution in [0.4, 0.5) is 11.4 Å². The van der Waals surface area contributed by atoms with E-state index in [1.807, 2.05) is 24.3 Å². The molecule has 3 aliphatic rings. The maximum absolute atomic E-state index is 13.0. The predicted octanol–water partition coefficient (Wildman–Crippen LogP) is 3.58. The molecular weight excluding hydrogens is 288 g/mol. The number of anilines is 2. The maximum atomic E-state index is 13.0. The van der Waals surface area contributed by atoms with Crippen LogP contribution in [0.25, 0.3) is 0 Å². The Morgan fingerprint density at radius 2 is 1.70 bits per heavy atom. The van der Waals surface area contributed by atoms with Crippen molar-refractivity contribution < 1.29 is 9.59 Å². The van der Waals surface area contributed by atoms with Crippen molar-refractivity contribution in [2.45, 2.75) is 44.9 Å². The first-order chi connectivity index (χ1) is 11.2. The molecule has 4 rings (SSSR count). The first-order valence-corrected chi connectivity index (χ1v) is 8.92. The zero-order valence-electron chi connectivity index (χ0n) is 13.5. The first kappa shape index (κ1) is 14.7. The number of nitrogens with zero attached hydrogens (tertiary/aromatic N) is 1. The first-order valence-electron chi connectivity index (χ1n) is 8.92. The molecule has 0 unspecified atom stereocenters. The van der Waals surface area contributed by atoms with Crippen LogP contribution in [-0.2, 0) is 9.59 Å². The van der Waals surface area contributed by atoms with Crippen molar-refractivity contribution in [3.63, 3.8) is 0 Å². The highest BCUT2D eigenvalue weighted by Gasteiger charge is 2.36. The molecule has 4 heteroatoms. The lowest BCUT2D eigenvalue weighted by Crippen LogP contribution is -2.45. The molecule has 2 fully saturated rings. The Morgan fingerprint density at radius 3 is 2.39 bits per heavy atom. The minimum absolute atomic E-state index is 0.0882. The van der Waals surface area contributed by atoms with Gasteiger partial charge in [-0.1, -0.05) is 31.4 Å². The summed E-state index contributed by atoms with van der Waals surface area (Å²) in [6.07, 6.45) is 8.52. The standard InChI is InChI=1S/C19H24N2O2/c22-18-12-21(17-7-2-1-6-16(17)20-18)19(23)15-10-8-14(9-11-15)13-4-3-5-13/h1-2,6-7,13-15H,3-5,8-12H2,(H,20,22). The number of nitrogens with one attached hydrogen (secondary N) is 1. The minimum Gasteiger partial charge on any atom is -0.323 e. The largest absolute Gasteiger partial charge is 0.323 e. The van der Waals surface area contributed by atoms with E-state index < -0.39 is 0 Å². The van der Waals surface area contributed by atoms with Crippen molar-refractivity contribution in [3.8, 4) is 0 Å². The van der Waals surface area contributed by atoms with Crippen molar-refractivity contribution in [1.29, 1.82) is 0 Å². The van der Waals surface area contributed by atoms with Gasteiger partial charge in [-0.25, -0.2) is 0 Å². The van der Waals surface area contributed by atoms with Crippen molar-refractivity contribution in [2.75, 3.05) is 16.8 Å². The fourth-order valence-electron chi connectivity index (χ4n) is 4.40. The molecule has 1 N–H and O–H groups in total. The van der Waals surface area contributed by atoms with Gasteiger partial charge in [-0.05, 0) is 49.7 Å². The van der Waals surface area contributed by atoms with E-state index >= 15 is 0 Å². The summed E-state index contributed by atoms with van der Waals surface area (Å²) in [5, 5.41) is 2.85. The van der Waals surface area contributed by atoms with E-state index in [4.69, 9.17) is 0 Å². The highest BCUT2D eigenvalue weighted by atomic mass is 16.2. The van der Waals surface area contributed by atoms with Gasteiger partial charge < -0.3 is 10.2 Å². The van der Waals surface area contributed by atoms with Gasteiger partial charge in [0.1, 0.15) is 6.54 Å². The number of fused-ring (bicyclic) bond motifs is 1. The summed E-state index contributed by atoms with van der Waals surface area (Å²) in [5.74, 6) is 1.89. The van der Waals surface area contributed by atoms with Gasteiger partial charge in [0.25, 0.3) is 0 Å². The summed E-state index contributed by atoms with van der Waals surface area (Å²) in [6.45, 7) is 0.151. The summed E-state index contributed by atoms with van der Waals surface area (Å²) in [5.41, 5.74) is 1.60. The van der Waals surface area contributed by atoms with Crippen LogP contribution in [0.2, 0.25) is 0 Å². The molecule has 1 aliphatic heterocycles. The number of carbonyl (C=O) groups is 2. The fourth-order valence-corrected chi connectivity index (χ4v) is 4.40. The Hall–Kier alpha value is -1.84. The number of para-hydroxylation sites is 2. The van der Waals surface area contributed by atoms with Gasteiger partial charge in [0.2, 0.25) is 11.8 Å². The number of carbonyl (C=O) groups excluding carboxylic acids is 2. The molecule has 0 saturated heterocycles. The molecule has 0 atom stereocenters. The highest BCUT2D eigenvalue weighted by molar-refractivity contribution is 6.10. The van der Waals surface area contributed by atoms with Crippen LogP contribution in [0.5, 0.6) is 0 Å². The Kier molecular flexibility index (Phi) is 3.83. The van der Waals surface area contributed by atoms with Gasteiger partial charge in [0.15, 0.2) is 0 Å². The molecule has 2 amide bonds. The van der Waals surface area contributed by atoms with Crippen LogP contribution >= 0.6 is 0 Å². The third-order valence-corrected chi connectivity index (χ3v) is 5.97. The molecular formula is C19H24N2O2. The lowest BCUT2D eigenvalue weighted by molar-refractivity contribution is -0.125. The Bertz CT molecular complexity index is 616. The second-order valence-electron chi connectivity index (χ2n) is 7.29. The van der Waals surface area contributed by atoms with E-state index in [0.29, 0.717) is 0 Å². The predicted molar refractivity (Wildman–Crippen MR) is 90.2 cm³/mol. The normalized spacial score (nSPS) is 27.8.